The standard InChI is InChI=1S/C27H30N2O2/c1-3-4-5-6-7-8-17-30-25-16-15-22-18-24(14-13-23(22)19-25)27-29-28-26(31-27)21-11-9-20(2)10-12-21/h9-16,18-19H,3-8,17H2,1-2H3. The maximum atomic E-state index is 5.96. The van der Waals surface area contributed by atoms with Crippen LogP contribution in [0.1, 0.15) is 51.0 Å². The van der Waals surface area contributed by atoms with Gasteiger partial charge in [-0.1, -0.05) is 68.9 Å². The number of ether oxygens (including phenoxy) is 1. The molecule has 0 fully saturated rings. The lowest BCUT2D eigenvalue weighted by atomic mass is 10.1. The van der Waals surface area contributed by atoms with E-state index in [1.807, 2.05) is 36.4 Å². The Bertz CT molecular complexity index is 1120. The van der Waals surface area contributed by atoms with Crippen molar-refractivity contribution in [1.29, 1.82) is 0 Å². The van der Waals surface area contributed by atoms with Gasteiger partial charge < -0.3 is 9.15 Å². The zero-order valence-electron chi connectivity index (χ0n) is 18.4. The molecule has 4 nitrogen and oxygen atoms in total. The normalized spacial score (nSPS) is 11.2. The van der Waals surface area contributed by atoms with Crippen molar-refractivity contribution in [1.82, 2.24) is 10.2 Å². The fourth-order valence-electron chi connectivity index (χ4n) is 3.67. The molecule has 31 heavy (non-hydrogen) atoms. The van der Waals surface area contributed by atoms with Gasteiger partial charge >= 0.3 is 0 Å². The van der Waals surface area contributed by atoms with Gasteiger partial charge in [-0.05, 0) is 60.5 Å². The Morgan fingerprint density at radius 3 is 2.16 bits per heavy atom. The molecule has 0 aliphatic carbocycles. The molecule has 0 atom stereocenters. The molecule has 1 heterocycles. The Labute approximate surface area is 184 Å². The smallest absolute Gasteiger partial charge is 0.248 e. The van der Waals surface area contributed by atoms with E-state index >= 15 is 0 Å². The van der Waals surface area contributed by atoms with E-state index in [2.05, 4.69) is 48.3 Å². The summed E-state index contributed by atoms with van der Waals surface area (Å²) >= 11 is 0. The zero-order chi connectivity index (χ0) is 21.5. The van der Waals surface area contributed by atoms with Crippen LogP contribution in [-0.4, -0.2) is 16.8 Å². The highest BCUT2D eigenvalue weighted by Crippen LogP contribution is 2.28. The number of unbranched alkanes of at least 4 members (excludes halogenated alkanes) is 5. The average molecular weight is 415 g/mol. The van der Waals surface area contributed by atoms with E-state index in [1.165, 1.54) is 37.7 Å². The molecular weight excluding hydrogens is 384 g/mol. The van der Waals surface area contributed by atoms with Crippen LogP contribution in [0.15, 0.2) is 65.1 Å². The summed E-state index contributed by atoms with van der Waals surface area (Å²) < 4.78 is 11.9. The highest BCUT2D eigenvalue weighted by molar-refractivity contribution is 5.87. The molecule has 0 radical (unpaired) electrons. The molecule has 3 aromatic carbocycles. The van der Waals surface area contributed by atoms with Crippen LogP contribution in [-0.2, 0) is 0 Å². The van der Waals surface area contributed by atoms with Crippen LogP contribution < -0.4 is 4.74 Å². The lowest BCUT2D eigenvalue weighted by molar-refractivity contribution is 0.305. The lowest BCUT2D eigenvalue weighted by Gasteiger charge is -2.08. The Morgan fingerprint density at radius 2 is 1.35 bits per heavy atom. The van der Waals surface area contributed by atoms with Gasteiger partial charge in [0.25, 0.3) is 0 Å². The van der Waals surface area contributed by atoms with Crippen molar-refractivity contribution in [3.05, 3.63) is 66.2 Å². The summed E-state index contributed by atoms with van der Waals surface area (Å²) in [5.41, 5.74) is 3.05. The van der Waals surface area contributed by atoms with Gasteiger partial charge in [0.2, 0.25) is 11.8 Å². The molecular formula is C27H30N2O2. The monoisotopic (exact) mass is 414 g/mol. The molecule has 0 N–H and O–H groups in total. The van der Waals surface area contributed by atoms with Crippen molar-refractivity contribution in [2.75, 3.05) is 6.61 Å². The summed E-state index contributed by atoms with van der Waals surface area (Å²) in [5, 5.41) is 10.7. The molecule has 0 bridgehead atoms. The second-order valence-corrected chi connectivity index (χ2v) is 8.12. The Morgan fingerprint density at radius 1 is 0.710 bits per heavy atom. The summed E-state index contributed by atoms with van der Waals surface area (Å²) in [5.74, 6) is 1.99. The lowest BCUT2D eigenvalue weighted by Crippen LogP contribution is -1.97. The molecule has 4 heteroatoms. The van der Waals surface area contributed by atoms with Crippen LogP contribution >= 0.6 is 0 Å². The van der Waals surface area contributed by atoms with Gasteiger partial charge in [0, 0.05) is 11.1 Å². The molecule has 4 aromatic rings. The number of benzene rings is 3. The molecule has 160 valence electrons. The van der Waals surface area contributed by atoms with E-state index in [9.17, 15) is 0 Å². The summed E-state index contributed by atoms with van der Waals surface area (Å²) in [4.78, 5) is 0. The van der Waals surface area contributed by atoms with Gasteiger partial charge in [0.1, 0.15) is 5.75 Å². The van der Waals surface area contributed by atoms with Crippen molar-refractivity contribution in [2.45, 2.75) is 52.4 Å². The van der Waals surface area contributed by atoms with Crippen LogP contribution in [0, 0.1) is 6.92 Å². The Kier molecular flexibility index (Phi) is 6.98. The minimum absolute atomic E-state index is 0.529. The van der Waals surface area contributed by atoms with E-state index in [4.69, 9.17) is 9.15 Å². The first-order valence-corrected chi connectivity index (χ1v) is 11.3. The highest BCUT2D eigenvalue weighted by Gasteiger charge is 2.11. The number of aryl methyl sites for hydroxylation is 1. The fraction of sp³-hybridized carbons (Fsp3) is 0.333. The maximum absolute atomic E-state index is 5.96. The molecule has 0 saturated heterocycles. The topological polar surface area (TPSA) is 48.2 Å². The summed E-state index contributed by atoms with van der Waals surface area (Å²) in [6, 6.07) is 20.5. The van der Waals surface area contributed by atoms with Crippen molar-refractivity contribution in [2.24, 2.45) is 0 Å². The van der Waals surface area contributed by atoms with Crippen molar-refractivity contribution in [3.8, 4) is 28.7 Å². The predicted octanol–water partition coefficient (Wildman–Crippen LogP) is 7.60. The van der Waals surface area contributed by atoms with Gasteiger partial charge in [-0.3, -0.25) is 0 Å². The number of nitrogens with zero attached hydrogens (tertiary/aromatic N) is 2. The third-order valence-corrected chi connectivity index (χ3v) is 5.55. The van der Waals surface area contributed by atoms with Gasteiger partial charge in [-0.2, -0.15) is 0 Å². The number of rotatable bonds is 10. The summed E-state index contributed by atoms with van der Waals surface area (Å²) in [6.07, 6.45) is 7.62. The minimum Gasteiger partial charge on any atom is -0.494 e. The first-order chi connectivity index (χ1) is 15.2. The average Bonchev–Trinajstić information content (AvgIpc) is 3.29. The van der Waals surface area contributed by atoms with E-state index in [-0.39, 0.29) is 0 Å². The summed E-state index contributed by atoms with van der Waals surface area (Å²) in [6.45, 7) is 5.08. The largest absolute Gasteiger partial charge is 0.494 e. The van der Waals surface area contributed by atoms with Crippen molar-refractivity contribution >= 4 is 10.8 Å². The van der Waals surface area contributed by atoms with Crippen LogP contribution in [0.3, 0.4) is 0 Å². The van der Waals surface area contributed by atoms with E-state index in [1.54, 1.807) is 0 Å². The number of aromatic nitrogens is 2. The third-order valence-electron chi connectivity index (χ3n) is 5.55. The molecule has 0 amide bonds. The zero-order valence-corrected chi connectivity index (χ0v) is 18.4. The van der Waals surface area contributed by atoms with E-state index < -0.39 is 0 Å². The van der Waals surface area contributed by atoms with Gasteiger partial charge in [0.05, 0.1) is 6.61 Å². The molecule has 0 aliphatic rings. The molecule has 0 spiro atoms. The van der Waals surface area contributed by atoms with Crippen LogP contribution in [0.25, 0.3) is 33.7 Å². The van der Waals surface area contributed by atoms with Crippen molar-refractivity contribution < 1.29 is 9.15 Å². The van der Waals surface area contributed by atoms with Gasteiger partial charge in [-0.15, -0.1) is 10.2 Å². The maximum Gasteiger partial charge on any atom is 0.248 e. The molecule has 1 aromatic heterocycles. The van der Waals surface area contributed by atoms with Gasteiger partial charge in [-0.25, -0.2) is 0 Å². The number of hydrogen-bond acceptors (Lipinski definition) is 4. The Balaban J connectivity index is 1.40. The third kappa shape index (κ3) is 5.52. The van der Waals surface area contributed by atoms with Crippen molar-refractivity contribution in [3.63, 3.8) is 0 Å². The molecule has 0 aliphatic heterocycles. The molecule has 0 saturated carbocycles. The molecule has 4 rings (SSSR count). The van der Waals surface area contributed by atoms with Gasteiger partial charge in [0.15, 0.2) is 0 Å². The quantitative estimate of drug-likeness (QED) is 0.251. The Hall–Kier alpha value is -3.14. The van der Waals surface area contributed by atoms with Crippen LogP contribution in [0.5, 0.6) is 5.75 Å². The second kappa shape index (κ2) is 10.3. The van der Waals surface area contributed by atoms with E-state index in [0.29, 0.717) is 11.8 Å². The van der Waals surface area contributed by atoms with E-state index in [0.717, 1.165) is 40.7 Å². The first kappa shape index (κ1) is 21.1. The predicted molar refractivity (Wildman–Crippen MR) is 126 cm³/mol. The number of fused-ring (bicyclic) bond motifs is 1. The fourth-order valence-corrected chi connectivity index (χ4v) is 3.67. The van der Waals surface area contributed by atoms with Crippen LogP contribution in [0.4, 0.5) is 0 Å². The molecule has 0 unspecified atom stereocenters. The minimum atomic E-state index is 0.529. The second-order valence-electron chi connectivity index (χ2n) is 8.12. The highest BCUT2D eigenvalue weighted by atomic mass is 16.5. The SMILES string of the molecule is CCCCCCCCOc1ccc2cc(-c3nnc(-c4ccc(C)cc4)o3)ccc2c1. The first-order valence-electron chi connectivity index (χ1n) is 11.3. The summed E-state index contributed by atoms with van der Waals surface area (Å²) in [7, 11) is 0. The number of hydrogen-bond donors (Lipinski definition) is 0. The van der Waals surface area contributed by atoms with Crippen LogP contribution in [0.2, 0.25) is 0 Å².